The second-order valence-electron chi connectivity index (χ2n) is 4.49. The first-order valence-electron chi connectivity index (χ1n) is 5.06. The molecular formula is C10H21N3O2. The molecule has 0 bridgehead atoms. The summed E-state index contributed by atoms with van der Waals surface area (Å²) in [6.07, 6.45) is 0. The van der Waals surface area contributed by atoms with Gasteiger partial charge in [0, 0.05) is 19.1 Å². The van der Waals surface area contributed by atoms with Gasteiger partial charge in [-0.15, -0.1) is 0 Å². The highest BCUT2D eigenvalue weighted by Gasteiger charge is 2.18. The van der Waals surface area contributed by atoms with Gasteiger partial charge in [0.1, 0.15) is 6.54 Å². The standard InChI is InChI=1S/C10H21N3O2/c1-6-11-8(14)7-13(5)9(15)12-10(2,3)4/h6-7H2,1-5H3,(H,11,14)(H,12,15). The van der Waals surface area contributed by atoms with Crippen LogP contribution in [0.25, 0.3) is 0 Å². The van der Waals surface area contributed by atoms with Crippen molar-refractivity contribution in [3.63, 3.8) is 0 Å². The highest BCUT2D eigenvalue weighted by molar-refractivity contribution is 5.84. The minimum absolute atomic E-state index is 0.0791. The van der Waals surface area contributed by atoms with Gasteiger partial charge in [0.05, 0.1) is 0 Å². The third-order valence-corrected chi connectivity index (χ3v) is 1.58. The molecule has 0 aromatic rings. The van der Waals surface area contributed by atoms with Gasteiger partial charge in [-0.05, 0) is 27.7 Å². The molecule has 2 N–H and O–H groups in total. The predicted octanol–water partition coefficient (Wildman–Crippen LogP) is 0.562. The third kappa shape index (κ3) is 6.76. The Balaban J connectivity index is 4.05. The van der Waals surface area contributed by atoms with Crippen molar-refractivity contribution in [2.24, 2.45) is 0 Å². The molecule has 0 aromatic heterocycles. The highest BCUT2D eigenvalue weighted by Crippen LogP contribution is 1.99. The van der Waals surface area contributed by atoms with Crippen molar-refractivity contribution >= 4 is 11.9 Å². The van der Waals surface area contributed by atoms with Gasteiger partial charge >= 0.3 is 6.03 Å². The molecule has 15 heavy (non-hydrogen) atoms. The van der Waals surface area contributed by atoms with Crippen LogP contribution in [0.4, 0.5) is 4.79 Å². The van der Waals surface area contributed by atoms with Crippen LogP contribution in [0.2, 0.25) is 0 Å². The van der Waals surface area contributed by atoms with E-state index >= 15 is 0 Å². The molecule has 5 nitrogen and oxygen atoms in total. The molecule has 0 aliphatic carbocycles. The summed E-state index contributed by atoms with van der Waals surface area (Å²) in [6, 6.07) is -0.242. The van der Waals surface area contributed by atoms with Crippen molar-refractivity contribution in [2.75, 3.05) is 20.1 Å². The average Bonchev–Trinajstić information content (AvgIpc) is 2.00. The summed E-state index contributed by atoms with van der Waals surface area (Å²) < 4.78 is 0. The van der Waals surface area contributed by atoms with Crippen LogP contribution in [0.5, 0.6) is 0 Å². The number of hydrogen-bond acceptors (Lipinski definition) is 2. The van der Waals surface area contributed by atoms with E-state index in [1.807, 2.05) is 27.7 Å². The van der Waals surface area contributed by atoms with Gasteiger partial charge in [0.25, 0.3) is 0 Å². The molecule has 0 aromatic carbocycles. The molecule has 5 heteroatoms. The lowest BCUT2D eigenvalue weighted by molar-refractivity contribution is -0.121. The van der Waals surface area contributed by atoms with Crippen molar-refractivity contribution in [1.82, 2.24) is 15.5 Å². The van der Waals surface area contributed by atoms with E-state index in [1.54, 1.807) is 7.05 Å². The number of nitrogens with zero attached hydrogens (tertiary/aromatic N) is 1. The van der Waals surface area contributed by atoms with Gasteiger partial charge in [0.15, 0.2) is 0 Å². The summed E-state index contributed by atoms with van der Waals surface area (Å²) in [5.74, 6) is -0.149. The monoisotopic (exact) mass is 215 g/mol. The fourth-order valence-corrected chi connectivity index (χ4v) is 0.957. The molecule has 0 radical (unpaired) electrons. The fraction of sp³-hybridized carbons (Fsp3) is 0.800. The smallest absolute Gasteiger partial charge is 0.318 e. The van der Waals surface area contributed by atoms with E-state index in [2.05, 4.69) is 10.6 Å². The maximum absolute atomic E-state index is 11.5. The number of likely N-dealkylation sites (N-methyl/N-ethyl adjacent to an activating group) is 2. The molecule has 0 rings (SSSR count). The molecule has 0 saturated heterocycles. The van der Waals surface area contributed by atoms with Crippen LogP contribution in [0, 0.1) is 0 Å². The minimum atomic E-state index is -0.285. The zero-order chi connectivity index (χ0) is 12.1. The Labute approximate surface area is 91.2 Å². The largest absolute Gasteiger partial charge is 0.355 e. The molecule has 0 saturated carbocycles. The van der Waals surface area contributed by atoms with E-state index in [1.165, 1.54) is 4.90 Å². The predicted molar refractivity (Wildman–Crippen MR) is 59.6 cm³/mol. The first-order chi connectivity index (χ1) is 6.76. The molecule has 0 fully saturated rings. The van der Waals surface area contributed by atoms with Crippen LogP contribution in [-0.2, 0) is 4.79 Å². The van der Waals surface area contributed by atoms with Gasteiger partial charge in [0.2, 0.25) is 5.91 Å². The summed E-state index contributed by atoms with van der Waals surface area (Å²) >= 11 is 0. The van der Waals surface area contributed by atoms with E-state index in [0.29, 0.717) is 6.54 Å². The Morgan fingerprint density at radius 3 is 2.20 bits per heavy atom. The first kappa shape index (κ1) is 13.7. The van der Waals surface area contributed by atoms with E-state index in [4.69, 9.17) is 0 Å². The maximum Gasteiger partial charge on any atom is 0.318 e. The lowest BCUT2D eigenvalue weighted by atomic mass is 10.1. The zero-order valence-electron chi connectivity index (χ0n) is 10.2. The Morgan fingerprint density at radius 1 is 1.27 bits per heavy atom. The van der Waals surface area contributed by atoms with E-state index in [0.717, 1.165) is 0 Å². The maximum atomic E-state index is 11.5. The van der Waals surface area contributed by atoms with Crippen molar-refractivity contribution in [1.29, 1.82) is 0 Å². The normalized spacial score (nSPS) is 10.7. The van der Waals surface area contributed by atoms with Crippen LogP contribution in [0.1, 0.15) is 27.7 Å². The molecule has 0 spiro atoms. The van der Waals surface area contributed by atoms with E-state index in [9.17, 15) is 9.59 Å². The number of carbonyl (C=O) groups excluding carboxylic acids is 2. The lowest BCUT2D eigenvalue weighted by Crippen LogP contribution is -2.49. The van der Waals surface area contributed by atoms with Gasteiger partial charge in [-0.1, -0.05) is 0 Å². The summed E-state index contributed by atoms with van der Waals surface area (Å²) in [5.41, 5.74) is -0.285. The summed E-state index contributed by atoms with van der Waals surface area (Å²) in [5, 5.41) is 5.41. The first-order valence-corrected chi connectivity index (χ1v) is 5.06. The van der Waals surface area contributed by atoms with Crippen LogP contribution in [-0.4, -0.2) is 42.5 Å². The molecule has 88 valence electrons. The number of nitrogens with one attached hydrogen (secondary N) is 2. The topological polar surface area (TPSA) is 61.4 Å². The van der Waals surface area contributed by atoms with Crippen molar-refractivity contribution < 1.29 is 9.59 Å². The SMILES string of the molecule is CCNC(=O)CN(C)C(=O)NC(C)(C)C. The number of carbonyl (C=O) groups is 2. The molecular weight excluding hydrogens is 194 g/mol. The van der Waals surface area contributed by atoms with Crippen LogP contribution >= 0.6 is 0 Å². The van der Waals surface area contributed by atoms with E-state index < -0.39 is 0 Å². The number of rotatable bonds is 3. The van der Waals surface area contributed by atoms with Crippen molar-refractivity contribution in [2.45, 2.75) is 33.2 Å². The Bertz CT molecular complexity index is 233. The second-order valence-corrected chi connectivity index (χ2v) is 4.49. The molecule has 3 amide bonds. The summed E-state index contributed by atoms with van der Waals surface area (Å²) in [6.45, 7) is 8.18. The Morgan fingerprint density at radius 2 is 1.80 bits per heavy atom. The van der Waals surface area contributed by atoms with Crippen molar-refractivity contribution in [3.8, 4) is 0 Å². The fourth-order valence-electron chi connectivity index (χ4n) is 0.957. The van der Waals surface area contributed by atoms with Gasteiger partial charge < -0.3 is 15.5 Å². The van der Waals surface area contributed by atoms with Gasteiger partial charge in [-0.3, -0.25) is 4.79 Å². The Hall–Kier alpha value is -1.26. The van der Waals surface area contributed by atoms with Gasteiger partial charge in [-0.2, -0.15) is 0 Å². The number of amides is 3. The summed E-state index contributed by atoms with van der Waals surface area (Å²) in [4.78, 5) is 24.1. The molecule has 0 aliphatic heterocycles. The summed E-state index contributed by atoms with van der Waals surface area (Å²) in [7, 11) is 1.59. The van der Waals surface area contributed by atoms with Crippen molar-refractivity contribution in [3.05, 3.63) is 0 Å². The molecule has 0 unspecified atom stereocenters. The average molecular weight is 215 g/mol. The third-order valence-electron chi connectivity index (χ3n) is 1.58. The molecule has 0 heterocycles. The quantitative estimate of drug-likeness (QED) is 0.722. The molecule has 0 aliphatic rings. The number of hydrogen-bond donors (Lipinski definition) is 2. The van der Waals surface area contributed by atoms with Crippen LogP contribution in [0.3, 0.4) is 0 Å². The second kappa shape index (κ2) is 5.58. The molecule has 0 atom stereocenters. The zero-order valence-corrected chi connectivity index (χ0v) is 10.2. The van der Waals surface area contributed by atoms with Crippen LogP contribution in [0.15, 0.2) is 0 Å². The van der Waals surface area contributed by atoms with Crippen LogP contribution < -0.4 is 10.6 Å². The van der Waals surface area contributed by atoms with Gasteiger partial charge in [-0.25, -0.2) is 4.79 Å². The van der Waals surface area contributed by atoms with E-state index in [-0.39, 0.29) is 24.0 Å². The Kier molecular flexibility index (Phi) is 5.11. The minimum Gasteiger partial charge on any atom is -0.355 e. The lowest BCUT2D eigenvalue weighted by Gasteiger charge is -2.25. The highest BCUT2D eigenvalue weighted by atomic mass is 16.2. The number of urea groups is 1.